The fourth-order valence-corrected chi connectivity index (χ4v) is 3.39. The van der Waals surface area contributed by atoms with Gasteiger partial charge >= 0.3 is 0 Å². The summed E-state index contributed by atoms with van der Waals surface area (Å²) in [4.78, 5) is 12.6. The minimum Gasteiger partial charge on any atom is -0.496 e. The molecule has 2 N–H and O–H groups in total. The van der Waals surface area contributed by atoms with Gasteiger partial charge in [0.25, 0.3) is 0 Å². The van der Waals surface area contributed by atoms with Gasteiger partial charge in [-0.2, -0.15) is 5.10 Å². The molecular formula is C19H25N3O2. The Morgan fingerprint density at radius 1 is 1.33 bits per heavy atom. The first-order valence-electron chi connectivity index (χ1n) is 8.76. The van der Waals surface area contributed by atoms with E-state index in [1.165, 1.54) is 0 Å². The third-order valence-corrected chi connectivity index (χ3v) is 4.68. The molecule has 0 unspecified atom stereocenters. The molecule has 0 spiro atoms. The van der Waals surface area contributed by atoms with Gasteiger partial charge in [-0.3, -0.25) is 9.89 Å². The second-order valence-corrected chi connectivity index (χ2v) is 6.35. The lowest BCUT2D eigenvalue weighted by Crippen LogP contribution is -2.21. The standard InChI is InChI=1S/C19H25N3O2/c1-3-8-15-18(20-19(23)13-9-4-5-10-13)17(22-21-15)14-11-6-7-12-16(14)24-2/h6-7,11-13H,3-5,8-10H2,1-2H3,(H,20,23)(H,21,22). The van der Waals surface area contributed by atoms with E-state index in [1.807, 2.05) is 24.3 Å². The van der Waals surface area contributed by atoms with Crippen molar-refractivity contribution >= 4 is 11.6 Å². The Hall–Kier alpha value is -2.30. The number of aryl methyl sites for hydroxylation is 1. The molecule has 0 radical (unpaired) electrons. The van der Waals surface area contributed by atoms with Gasteiger partial charge in [-0.1, -0.05) is 38.3 Å². The highest BCUT2D eigenvalue weighted by molar-refractivity contribution is 5.97. The molecule has 5 nitrogen and oxygen atoms in total. The first-order chi connectivity index (χ1) is 11.7. The van der Waals surface area contributed by atoms with Crippen molar-refractivity contribution in [3.05, 3.63) is 30.0 Å². The second-order valence-electron chi connectivity index (χ2n) is 6.35. The van der Waals surface area contributed by atoms with E-state index < -0.39 is 0 Å². The molecule has 1 amide bonds. The van der Waals surface area contributed by atoms with Crippen molar-refractivity contribution < 1.29 is 9.53 Å². The quantitative estimate of drug-likeness (QED) is 0.837. The third kappa shape index (κ3) is 3.30. The number of anilines is 1. The molecule has 0 aliphatic heterocycles. The molecular weight excluding hydrogens is 302 g/mol. The number of carbonyl (C=O) groups is 1. The average Bonchev–Trinajstić information content (AvgIpc) is 3.26. The van der Waals surface area contributed by atoms with Gasteiger partial charge in [-0.05, 0) is 31.4 Å². The first-order valence-corrected chi connectivity index (χ1v) is 8.76. The van der Waals surface area contributed by atoms with Gasteiger partial charge in [-0.15, -0.1) is 0 Å². The summed E-state index contributed by atoms with van der Waals surface area (Å²) in [6.07, 6.45) is 6.09. The summed E-state index contributed by atoms with van der Waals surface area (Å²) in [6.45, 7) is 2.12. The molecule has 1 aliphatic rings. The first kappa shape index (κ1) is 16.6. The molecule has 1 aromatic heterocycles. The van der Waals surface area contributed by atoms with Crippen LogP contribution in [0.25, 0.3) is 11.3 Å². The number of hydrogen-bond donors (Lipinski definition) is 2. The van der Waals surface area contributed by atoms with Gasteiger partial charge < -0.3 is 10.1 Å². The highest BCUT2D eigenvalue weighted by Gasteiger charge is 2.26. The van der Waals surface area contributed by atoms with Crippen LogP contribution in [0, 0.1) is 5.92 Å². The molecule has 5 heteroatoms. The molecule has 2 aromatic rings. The van der Waals surface area contributed by atoms with Crippen LogP contribution < -0.4 is 10.1 Å². The summed E-state index contributed by atoms with van der Waals surface area (Å²) < 4.78 is 5.46. The third-order valence-electron chi connectivity index (χ3n) is 4.68. The number of nitrogens with one attached hydrogen (secondary N) is 2. The topological polar surface area (TPSA) is 67.0 Å². The van der Waals surface area contributed by atoms with Crippen LogP contribution in [0.15, 0.2) is 24.3 Å². The maximum Gasteiger partial charge on any atom is 0.227 e. The predicted molar refractivity (Wildman–Crippen MR) is 95.2 cm³/mol. The number of H-pyrrole nitrogens is 1. The lowest BCUT2D eigenvalue weighted by atomic mass is 10.0. The van der Waals surface area contributed by atoms with E-state index in [9.17, 15) is 4.79 Å². The van der Waals surface area contributed by atoms with Crippen LogP contribution in [-0.2, 0) is 11.2 Å². The maximum atomic E-state index is 12.6. The Labute approximate surface area is 142 Å². The van der Waals surface area contributed by atoms with Gasteiger partial charge in [0.2, 0.25) is 5.91 Å². The second kappa shape index (κ2) is 7.51. The maximum absolute atomic E-state index is 12.6. The smallest absolute Gasteiger partial charge is 0.227 e. The lowest BCUT2D eigenvalue weighted by Gasteiger charge is -2.13. The molecule has 1 saturated carbocycles. The van der Waals surface area contributed by atoms with E-state index in [4.69, 9.17) is 4.74 Å². The van der Waals surface area contributed by atoms with Gasteiger partial charge in [0, 0.05) is 11.5 Å². The SMILES string of the molecule is CCCc1[nH]nc(-c2ccccc2OC)c1NC(=O)C1CCCC1. The number of hydrogen-bond acceptors (Lipinski definition) is 3. The molecule has 3 rings (SSSR count). The number of amides is 1. The van der Waals surface area contributed by atoms with E-state index >= 15 is 0 Å². The summed E-state index contributed by atoms with van der Waals surface area (Å²) in [6, 6.07) is 7.76. The molecule has 1 heterocycles. The fraction of sp³-hybridized carbons (Fsp3) is 0.474. The number of ether oxygens (including phenoxy) is 1. The number of methoxy groups -OCH3 is 1. The number of para-hydroxylation sites is 1. The van der Waals surface area contributed by atoms with E-state index in [-0.39, 0.29) is 11.8 Å². The van der Waals surface area contributed by atoms with Crippen LogP contribution in [0.4, 0.5) is 5.69 Å². The number of aromatic amines is 1. The highest BCUT2D eigenvalue weighted by atomic mass is 16.5. The summed E-state index contributed by atoms with van der Waals surface area (Å²) >= 11 is 0. The summed E-state index contributed by atoms with van der Waals surface area (Å²) in [5.41, 5.74) is 3.42. The number of carbonyl (C=O) groups excluding carboxylic acids is 1. The normalized spacial score (nSPS) is 14.8. The Balaban J connectivity index is 1.96. The van der Waals surface area contributed by atoms with Crippen LogP contribution in [-0.4, -0.2) is 23.2 Å². The van der Waals surface area contributed by atoms with Crippen LogP contribution >= 0.6 is 0 Å². The molecule has 0 bridgehead atoms. The van der Waals surface area contributed by atoms with Gasteiger partial charge in [0.15, 0.2) is 0 Å². The number of rotatable bonds is 6. The van der Waals surface area contributed by atoms with Crippen molar-refractivity contribution in [2.24, 2.45) is 5.92 Å². The Kier molecular flexibility index (Phi) is 5.18. The van der Waals surface area contributed by atoms with E-state index in [2.05, 4.69) is 22.4 Å². The zero-order valence-electron chi connectivity index (χ0n) is 14.4. The molecule has 1 aliphatic carbocycles. The number of aromatic nitrogens is 2. The van der Waals surface area contributed by atoms with Crippen molar-refractivity contribution in [3.8, 4) is 17.0 Å². The molecule has 1 aromatic carbocycles. The summed E-state index contributed by atoms with van der Waals surface area (Å²) in [5, 5.41) is 10.7. The Bertz CT molecular complexity index is 702. The lowest BCUT2D eigenvalue weighted by molar-refractivity contribution is -0.119. The van der Waals surface area contributed by atoms with Crippen LogP contribution in [0.3, 0.4) is 0 Å². The Morgan fingerprint density at radius 2 is 2.08 bits per heavy atom. The van der Waals surface area contributed by atoms with E-state index in [0.29, 0.717) is 0 Å². The molecule has 0 saturated heterocycles. The van der Waals surface area contributed by atoms with Crippen LogP contribution in [0.5, 0.6) is 5.75 Å². The van der Waals surface area contributed by atoms with Gasteiger partial charge in [0.1, 0.15) is 11.4 Å². The minimum atomic E-state index is 0.113. The Morgan fingerprint density at radius 3 is 2.79 bits per heavy atom. The van der Waals surface area contributed by atoms with Crippen LogP contribution in [0.2, 0.25) is 0 Å². The average molecular weight is 327 g/mol. The van der Waals surface area contributed by atoms with Gasteiger partial charge in [0.05, 0.1) is 18.5 Å². The largest absolute Gasteiger partial charge is 0.496 e. The van der Waals surface area contributed by atoms with Crippen molar-refractivity contribution in [3.63, 3.8) is 0 Å². The molecule has 1 fully saturated rings. The summed E-state index contributed by atoms with van der Waals surface area (Å²) in [7, 11) is 1.65. The van der Waals surface area contributed by atoms with Crippen molar-refractivity contribution in [1.29, 1.82) is 0 Å². The fourth-order valence-electron chi connectivity index (χ4n) is 3.39. The molecule has 24 heavy (non-hydrogen) atoms. The summed E-state index contributed by atoms with van der Waals surface area (Å²) in [5.74, 6) is 0.991. The monoisotopic (exact) mass is 327 g/mol. The van der Waals surface area contributed by atoms with Crippen molar-refractivity contribution in [1.82, 2.24) is 10.2 Å². The number of nitrogens with zero attached hydrogens (tertiary/aromatic N) is 1. The minimum absolute atomic E-state index is 0.113. The van der Waals surface area contributed by atoms with Crippen molar-refractivity contribution in [2.45, 2.75) is 45.4 Å². The zero-order chi connectivity index (χ0) is 16.9. The molecule has 128 valence electrons. The molecule has 0 atom stereocenters. The van der Waals surface area contributed by atoms with Gasteiger partial charge in [-0.25, -0.2) is 0 Å². The highest BCUT2D eigenvalue weighted by Crippen LogP contribution is 2.36. The van der Waals surface area contributed by atoms with E-state index in [0.717, 1.165) is 66.9 Å². The van der Waals surface area contributed by atoms with Crippen LogP contribution in [0.1, 0.15) is 44.7 Å². The van der Waals surface area contributed by atoms with Crippen molar-refractivity contribution in [2.75, 3.05) is 12.4 Å². The number of benzene rings is 1. The van der Waals surface area contributed by atoms with E-state index in [1.54, 1.807) is 7.11 Å². The zero-order valence-corrected chi connectivity index (χ0v) is 14.4. The predicted octanol–water partition coefficient (Wildman–Crippen LogP) is 4.17.